The number of carboxylic acids is 1. The SMILES string of the molecule is CCC(CC)O[C@@H]1C=C(C(=O)O)C[C@H](NCc2cc(F)cc(-c3ccccc3)c2)[C@H]1NC(C)=O. The quantitative estimate of drug-likeness (QED) is 0.480. The van der Waals surface area contributed by atoms with E-state index in [1.807, 2.05) is 50.2 Å². The third-order valence-electron chi connectivity index (χ3n) is 6.13. The molecule has 3 rings (SSSR count). The molecule has 0 aromatic heterocycles. The molecule has 6 nitrogen and oxygen atoms in total. The van der Waals surface area contributed by atoms with Gasteiger partial charge in [0.1, 0.15) is 5.82 Å². The number of carboxylic acid groups (broad SMARTS) is 1. The minimum Gasteiger partial charge on any atom is -0.478 e. The molecule has 0 spiro atoms. The molecule has 0 fully saturated rings. The molecule has 7 heteroatoms. The molecule has 0 radical (unpaired) electrons. The van der Waals surface area contributed by atoms with Crippen molar-refractivity contribution in [1.29, 1.82) is 0 Å². The molecule has 0 aliphatic heterocycles. The number of amides is 1. The van der Waals surface area contributed by atoms with Crippen LogP contribution in [-0.2, 0) is 20.9 Å². The van der Waals surface area contributed by atoms with Crippen molar-refractivity contribution in [2.24, 2.45) is 0 Å². The maximum Gasteiger partial charge on any atom is 0.331 e. The fourth-order valence-corrected chi connectivity index (χ4v) is 4.36. The van der Waals surface area contributed by atoms with E-state index in [-0.39, 0.29) is 29.8 Å². The number of rotatable bonds is 10. The third kappa shape index (κ3) is 6.74. The van der Waals surface area contributed by atoms with Crippen LogP contribution in [0.2, 0.25) is 0 Å². The van der Waals surface area contributed by atoms with Crippen molar-refractivity contribution in [2.45, 2.75) is 70.9 Å². The highest BCUT2D eigenvalue weighted by atomic mass is 19.1. The van der Waals surface area contributed by atoms with Gasteiger partial charge in [-0.25, -0.2) is 9.18 Å². The molecule has 2 aromatic carbocycles. The second kappa shape index (κ2) is 11.9. The summed E-state index contributed by atoms with van der Waals surface area (Å²) in [6.07, 6.45) is 2.74. The number of hydrogen-bond acceptors (Lipinski definition) is 4. The standard InChI is InChI=1S/C27H33FN2O4/c1-4-23(5-2)34-25-15-21(27(32)33)14-24(26(25)30-17(3)31)29-16-18-11-20(13-22(28)12-18)19-9-7-6-8-10-19/h6-13,15,23-26,29H,4-5,14,16H2,1-3H3,(H,30,31)(H,32,33)/t24-,25+,26+/m0/s1. The fraction of sp³-hybridized carbons (Fsp3) is 0.407. The van der Waals surface area contributed by atoms with E-state index in [1.165, 1.54) is 19.1 Å². The molecular weight excluding hydrogens is 435 g/mol. The van der Waals surface area contributed by atoms with Gasteiger partial charge in [-0.1, -0.05) is 44.2 Å². The minimum atomic E-state index is -1.01. The van der Waals surface area contributed by atoms with Crippen LogP contribution in [0.15, 0.2) is 60.2 Å². The Morgan fingerprint density at radius 3 is 2.44 bits per heavy atom. The van der Waals surface area contributed by atoms with Crippen LogP contribution in [0.25, 0.3) is 11.1 Å². The van der Waals surface area contributed by atoms with Gasteiger partial charge in [0.2, 0.25) is 5.91 Å². The van der Waals surface area contributed by atoms with Gasteiger partial charge in [-0.05, 0) is 60.2 Å². The first kappa shape index (κ1) is 25.6. The Balaban J connectivity index is 1.85. The predicted octanol–water partition coefficient (Wildman–Crippen LogP) is 4.44. The first-order valence-corrected chi connectivity index (χ1v) is 11.8. The van der Waals surface area contributed by atoms with E-state index in [9.17, 15) is 19.1 Å². The van der Waals surface area contributed by atoms with Crippen LogP contribution in [-0.4, -0.2) is 41.3 Å². The number of halogens is 1. The second-order valence-electron chi connectivity index (χ2n) is 8.67. The molecule has 3 N–H and O–H groups in total. The van der Waals surface area contributed by atoms with Gasteiger partial charge in [-0.15, -0.1) is 0 Å². The Bertz CT molecular complexity index is 1020. The van der Waals surface area contributed by atoms with E-state index in [1.54, 1.807) is 6.08 Å². The Morgan fingerprint density at radius 1 is 1.12 bits per heavy atom. The summed E-state index contributed by atoms with van der Waals surface area (Å²) in [6.45, 7) is 5.76. The summed E-state index contributed by atoms with van der Waals surface area (Å²) in [4.78, 5) is 23.8. The van der Waals surface area contributed by atoms with Gasteiger partial charge in [-0.3, -0.25) is 4.79 Å². The van der Waals surface area contributed by atoms with Crippen molar-refractivity contribution < 1.29 is 23.8 Å². The molecule has 0 heterocycles. The molecule has 3 atom stereocenters. The minimum absolute atomic E-state index is 0.0528. The average molecular weight is 469 g/mol. The van der Waals surface area contributed by atoms with Crippen molar-refractivity contribution in [3.8, 4) is 11.1 Å². The highest BCUT2D eigenvalue weighted by Gasteiger charge is 2.37. The van der Waals surface area contributed by atoms with Gasteiger partial charge in [0.25, 0.3) is 0 Å². The Morgan fingerprint density at radius 2 is 1.82 bits per heavy atom. The van der Waals surface area contributed by atoms with Gasteiger partial charge < -0.3 is 20.5 Å². The largest absolute Gasteiger partial charge is 0.478 e. The third-order valence-corrected chi connectivity index (χ3v) is 6.13. The van der Waals surface area contributed by atoms with Crippen molar-refractivity contribution in [2.75, 3.05) is 0 Å². The van der Waals surface area contributed by atoms with Crippen LogP contribution in [0.5, 0.6) is 0 Å². The molecular formula is C27H33FN2O4. The first-order chi connectivity index (χ1) is 16.3. The Hall–Kier alpha value is -3.03. The number of benzene rings is 2. The number of ether oxygens (including phenoxy) is 1. The zero-order chi connectivity index (χ0) is 24.7. The van der Waals surface area contributed by atoms with E-state index in [0.717, 1.165) is 29.5 Å². The summed E-state index contributed by atoms with van der Waals surface area (Å²) in [5.74, 6) is -1.58. The molecule has 182 valence electrons. The van der Waals surface area contributed by atoms with Crippen molar-refractivity contribution >= 4 is 11.9 Å². The first-order valence-electron chi connectivity index (χ1n) is 11.8. The monoisotopic (exact) mass is 468 g/mol. The Kier molecular flexibility index (Phi) is 8.96. The van der Waals surface area contributed by atoms with Crippen LogP contribution in [0.1, 0.15) is 45.6 Å². The topological polar surface area (TPSA) is 87.7 Å². The lowest BCUT2D eigenvalue weighted by molar-refractivity contribution is -0.133. The number of aliphatic carboxylic acids is 1. The van der Waals surface area contributed by atoms with E-state index in [0.29, 0.717) is 6.54 Å². The van der Waals surface area contributed by atoms with Crippen molar-refractivity contribution in [3.05, 3.63) is 71.6 Å². The fourth-order valence-electron chi connectivity index (χ4n) is 4.36. The van der Waals surface area contributed by atoms with Gasteiger partial charge >= 0.3 is 5.97 Å². The molecule has 1 amide bonds. The van der Waals surface area contributed by atoms with Crippen molar-refractivity contribution in [3.63, 3.8) is 0 Å². The maximum absolute atomic E-state index is 14.4. The van der Waals surface area contributed by atoms with Crippen LogP contribution in [0, 0.1) is 5.82 Å². The number of nitrogens with one attached hydrogen (secondary N) is 2. The summed E-state index contributed by atoms with van der Waals surface area (Å²) in [5.41, 5.74) is 2.64. The number of carbonyl (C=O) groups excluding carboxylic acids is 1. The second-order valence-corrected chi connectivity index (χ2v) is 8.67. The lowest BCUT2D eigenvalue weighted by Gasteiger charge is -2.38. The zero-order valence-corrected chi connectivity index (χ0v) is 19.9. The Labute approximate surface area is 200 Å². The highest BCUT2D eigenvalue weighted by molar-refractivity contribution is 5.87. The van der Waals surface area contributed by atoms with Gasteiger partial charge in [-0.2, -0.15) is 0 Å². The molecule has 0 saturated carbocycles. The van der Waals surface area contributed by atoms with Crippen molar-refractivity contribution in [1.82, 2.24) is 10.6 Å². The van der Waals surface area contributed by atoms with Gasteiger partial charge in [0, 0.05) is 25.1 Å². The smallest absolute Gasteiger partial charge is 0.331 e. The molecule has 0 bridgehead atoms. The van der Waals surface area contributed by atoms with E-state index in [2.05, 4.69) is 10.6 Å². The van der Waals surface area contributed by atoms with E-state index >= 15 is 0 Å². The lowest BCUT2D eigenvalue weighted by Crippen LogP contribution is -2.58. The molecule has 1 aliphatic rings. The highest BCUT2D eigenvalue weighted by Crippen LogP contribution is 2.26. The van der Waals surface area contributed by atoms with Crippen LogP contribution in [0.4, 0.5) is 4.39 Å². The summed E-state index contributed by atoms with van der Waals surface area (Å²) in [6, 6.07) is 13.6. The van der Waals surface area contributed by atoms with Gasteiger partial charge in [0.15, 0.2) is 0 Å². The van der Waals surface area contributed by atoms with Crippen LogP contribution in [0.3, 0.4) is 0 Å². The zero-order valence-electron chi connectivity index (χ0n) is 19.9. The summed E-state index contributed by atoms with van der Waals surface area (Å²) in [5, 5.41) is 16.0. The molecule has 1 aliphatic carbocycles. The molecule has 0 saturated heterocycles. The molecule has 0 unspecified atom stereocenters. The van der Waals surface area contributed by atoms with E-state index < -0.39 is 24.2 Å². The number of carbonyl (C=O) groups is 2. The average Bonchev–Trinajstić information content (AvgIpc) is 2.82. The number of hydrogen-bond donors (Lipinski definition) is 3. The normalized spacial score (nSPS) is 20.1. The summed E-state index contributed by atoms with van der Waals surface area (Å²) >= 11 is 0. The summed E-state index contributed by atoms with van der Waals surface area (Å²) in [7, 11) is 0. The maximum atomic E-state index is 14.4. The van der Waals surface area contributed by atoms with E-state index in [4.69, 9.17) is 4.74 Å². The molecule has 34 heavy (non-hydrogen) atoms. The van der Waals surface area contributed by atoms with Crippen LogP contribution < -0.4 is 10.6 Å². The summed E-state index contributed by atoms with van der Waals surface area (Å²) < 4.78 is 20.6. The van der Waals surface area contributed by atoms with Crippen LogP contribution >= 0.6 is 0 Å². The molecule has 2 aromatic rings. The predicted molar refractivity (Wildman–Crippen MR) is 130 cm³/mol. The lowest BCUT2D eigenvalue weighted by atomic mass is 9.87. The van der Waals surface area contributed by atoms with Gasteiger partial charge in [0.05, 0.1) is 18.2 Å².